The van der Waals surface area contributed by atoms with Gasteiger partial charge < -0.3 is 4.74 Å². The van der Waals surface area contributed by atoms with Gasteiger partial charge >= 0.3 is 6.09 Å². The van der Waals surface area contributed by atoms with Crippen LogP contribution in [0.25, 0.3) is 5.57 Å². The quantitative estimate of drug-likeness (QED) is 0.333. The third-order valence-corrected chi connectivity index (χ3v) is 4.48. The second-order valence-corrected chi connectivity index (χ2v) is 6.59. The first-order chi connectivity index (χ1) is 13.2. The Bertz CT molecular complexity index is 860. The highest BCUT2D eigenvalue weighted by Crippen LogP contribution is 2.42. The topological polar surface area (TPSA) is 29.5 Å². The number of nitrogens with zero attached hydrogens (tertiary/aromatic N) is 1. The van der Waals surface area contributed by atoms with Gasteiger partial charge in [-0.25, -0.2) is 18.0 Å². The summed E-state index contributed by atoms with van der Waals surface area (Å²) in [5.41, 5.74) is 0.924. The van der Waals surface area contributed by atoms with E-state index < -0.39 is 23.3 Å². The number of halogens is 4. The molecule has 1 fully saturated rings. The zero-order valence-corrected chi connectivity index (χ0v) is 19.0. The molecule has 0 aliphatic carbocycles. The van der Waals surface area contributed by atoms with Gasteiger partial charge in [-0.15, -0.1) is 24.0 Å². The van der Waals surface area contributed by atoms with Gasteiger partial charge in [0.25, 0.3) is 0 Å². The summed E-state index contributed by atoms with van der Waals surface area (Å²) in [7, 11) is 0. The van der Waals surface area contributed by atoms with Crippen LogP contribution in [0.3, 0.4) is 0 Å². The maximum Gasteiger partial charge on any atom is 0.411 e. The van der Waals surface area contributed by atoms with Crippen molar-refractivity contribution in [2.45, 2.75) is 32.7 Å². The van der Waals surface area contributed by atoms with E-state index in [0.29, 0.717) is 5.57 Å². The van der Waals surface area contributed by atoms with Crippen LogP contribution in [0, 0.1) is 11.6 Å². The van der Waals surface area contributed by atoms with E-state index in [0.717, 1.165) is 24.1 Å². The Balaban J connectivity index is 0.000000771. The Labute approximate surface area is 186 Å². The van der Waals surface area contributed by atoms with Crippen LogP contribution in [0.5, 0.6) is 0 Å². The third kappa shape index (κ3) is 5.52. The lowest BCUT2D eigenvalue weighted by Gasteiger charge is -2.29. The molecule has 0 N–H and O–H groups in total. The minimum atomic E-state index is -0.758. The molecule has 1 aromatic rings. The van der Waals surface area contributed by atoms with Crippen LogP contribution in [0.1, 0.15) is 32.8 Å². The van der Waals surface area contributed by atoms with Crippen molar-refractivity contribution < 1.29 is 22.7 Å². The van der Waals surface area contributed by atoms with Gasteiger partial charge in [0.1, 0.15) is 23.8 Å². The maximum absolute atomic E-state index is 14.1. The lowest BCUT2D eigenvalue weighted by atomic mass is 9.89. The van der Waals surface area contributed by atoms with Crippen molar-refractivity contribution in [3.8, 4) is 0 Å². The normalized spacial score (nSPS) is 20.5. The number of benzene rings is 1. The van der Waals surface area contributed by atoms with E-state index in [1.807, 2.05) is 38.2 Å². The molecule has 1 saturated heterocycles. The Morgan fingerprint density at radius 2 is 2.03 bits per heavy atom. The fraction of sp³-hybridized carbons (Fsp3) is 0.318. The summed E-state index contributed by atoms with van der Waals surface area (Å²) in [6.07, 6.45) is 8.11. The van der Waals surface area contributed by atoms with Crippen LogP contribution < -0.4 is 0 Å². The van der Waals surface area contributed by atoms with Crippen LogP contribution in [0.2, 0.25) is 0 Å². The van der Waals surface area contributed by atoms with E-state index in [1.54, 1.807) is 4.90 Å². The second-order valence-electron chi connectivity index (χ2n) is 6.59. The van der Waals surface area contributed by atoms with Gasteiger partial charge in [-0.3, -0.25) is 4.90 Å². The average Bonchev–Trinajstić information content (AvgIpc) is 3.15. The number of amides is 1. The molecule has 0 bridgehead atoms. The van der Waals surface area contributed by atoms with Crippen LogP contribution in [0.15, 0.2) is 60.5 Å². The molecule has 0 aromatic heterocycles. The van der Waals surface area contributed by atoms with Crippen molar-refractivity contribution in [2.24, 2.45) is 0 Å². The molecule has 2 heterocycles. The molecule has 1 aromatic carbocycles. The molecule has 0 spiro atoms. The van der Waals surface area contributed by atoms with Gasteiger partial charge in [-0.1, -0.05) is 31.7 Å². The summed E-state index contributed by atoms with van der Waals surface area (Å²) in [6, 6.07) is 3.36. The second kappa shape index (κ2) is 10.7. The van der Waals surface area contributed by atoms with Crippen LogP contribution in [-0.2, 0) is 4.74 Å². The number of carbonyl (C=O) groups is 1. The number of cyclic esters (lactones) is 1. The first-order valence-electron chi connectivity index (χ1n) is 9.01. The predicted octanol–water partition coefficient (Wildman–Crippen LogP) is 6.57. The highest BCUT2D eigenvalue weighted by molar-refractivity contribution is 14.0. The Morgan fingerprint density at radius 3 is 2.62 bits per heavy atom. The molecule has 2 aliphatic heterocycles. The van der Waals surface area contributed by atoms with Gasteiger partial charge in [-0.05, 0) is 55.7 Å². The van der Waals surface area contributed by atoms with Gasteiger partial charge in [0.05, 0.1) is 12.4 Å². The van der Waals surface area contributed by atoms with E-state index in [2.05, 4.69) is 6.58 Å². The monoisotopic (exact) mass is 519 g/mol. The molecule has 1 amide bonds. The lowest BCUT2D eigenvalue weighted by molar-refractivity contribution is 0.161. The van der Waals surface area contributed by atoms with Gasteiger partial charge in [0.2, 0.25) is 0 Å². The van der Waals surface area contributed by atoms with Gasteiger partial charge in [0.15, 0.2) is 0 Å². The summed E-state index contributed by atoms with van der Waals surface area (Å²) in [5, 5.41) is 0. The van der Waals surface area contributed by atoms with Crippen molar-refractivity contribution in [3.05, 3.63) is 77.7 Å². The van der Waals surface area contributed by atoms with Crippen molar-refractivity contribution in [1.82, 2.24) is 4.90 Å². The number of rotatable bonds is 4. The molecule has 0 unspecified atom stereocenters. The summed E-state index contributed by atoms with van der Waals surface area (Å²) in [6.45, 7) is 8.46. The maximum atomic E-state index is 14.1. The molecular formula is C22H25F3INO2. The third-order valence-electron chi connectivity index (χ3n) is 4.48. The molecule has 7 heteroatoms. The van der Waals surface area contributed by atoms with Crippen LogP contribution >= 0.6 is 24.0 Å². The summed E-state index contributed by atoms with van der Waals surface area (Å²) < 4.78 is 43.7. The molecule has 1 atom stereocenters. The van der Waals surface area contributed by atoms with Crippen molar-refractivity contribution in [2.75, 3.05) is 13.2 Å². The summed E-state index contributed by atoms with van der Waals surface area (Å²) in [5.74, 6) is -1.34. The van der Waals surface area contributed by atoms with Crippen LogP contribution in [-0.4, -0.2) is 29.7 Å². The number of hydrogen-bond donors (Lipinski definition) is 0. The summed E-state index contributed by atoms with van der Waals surface area (Å²) in [4.78, 5) is 13.7. The molecular weight excluding hydrogens is 494 g/mol. The van der Waals surface area contributed by atoms with Gasteiger partial charge in [-0.2, -0.15) is 0 Å². The highest BCUT2D eigenvalue weighted by Gasteiger charge is 2.51. The first kappa shape index (κ1) is 25.0. The Morgan fingerprint density at radius 1 is 1.38 bits per heavy atom. The van der Waals surface area contributed by atoms with Crippen molar-refractivity contribution >= 4 is 35.6 Å². The fourth-order valence-corrected chi connectivity index (χ4v) is 3.28. The van der Waals surface area contributed by atoms with E-state index >= 15 is 0 Å². The zero-order chi connectivity index (χ0) is 20.9. The van der Waals surface area contributed by atoms with Gasteiger partial charge in [0, 0.05) is 5.56 Å². The number of allylic oxidation sites excluding steroid dienone is 3. The van der Waals surface area contributed by atoms with E-state index in [1.165, 1.54) is 13.0 Å². The Kier molecular flexibility index (Phi) is 9.19. The Hall–Kier alpha value is -2.03. The van der Waals surface area contributed by atoms with E-state index in [-0.39, 0.29) is 48.5 Å². The minimum absolute atomic E-state index is 0. The lowest BCUT2D eigenvalue weighted by Crippen LogP contribution is -2.43. The number of carbonyl (C=O) groups excluding carboxylic acids is 1. The molecule has 0 saturated carbocycles. The average molecular weight is 519 g/mol. The summed E-state index contributed by atoms with van der Waals surface area (Å²) >= 11 is 0. The number of hydrogen-bond acceptors (Lipinski definition) is 2. The smallest absolute Gasteiger partial charge is 0.411 e. The largest absolute Gasteiger partial charge is 0.446 e. The predicted molar refractivity (Wildman–Crippen MR) is 120 cm³/mol. The minimum Gasteiger partial charge on any atom is -0.446 e. The van der Waals surface area contributed by atoms with Crippen molar-refractivity contribution in [1.29, 1.82) is 0 Å². The molecule has 2 aliphatic rings. The number of ether oxygens (including phenoxy) is 1. The zero-order valence-electron chi connectivity index (χ0n) is 16.7. The first-order valence-corrected chi connectivity index (χ1v) is 9.01. The number of fused-ring (bicyclic) bond motifs is 1. The molecule has 0 radical (unpaired) electrons. The SMILES string of the molecule is C/C=C(\C=C/CC)[C@]12C=C(c3cc(F)ccc3F)CN1C(=O)OC2.C=C(C)F.I. The van der Waals surface area contributed by atoms with Crippen molar-refractivity contribution in [3.63, 3.8) is 0 Å². The van der Waals surface area contributed by atoms with E-state index in [4.69, 9.17) is 4.74 Å². The molecule has 3 nitrogen and oxygen atoms in total. The highest BCUT2D eigenvalue weighted by atomic mass is 127. The molecule has 3 rings (SSSR count). The van der Waals surface area contributed by atoms with E-state index in [9.17, 15) is 18.0 Å². The standard InChI is InChI=1S/C19H19F2NO2.C3H5F.HI/c1-3-5-6-14(4-2)19-10-13(11-22(19)18(23)24-12-19)16-9-15(20)7-8-17(16)21;1-3(2)4;/h4-10H,3,11-12H2,1-2H3;1H2,2H3;1H/b6-5-,14-4+;;/t19-;;/m1../s1. The molecule has 29 heavy (non-hydrogen) atoms. The van der Waals surface area contributed by atoms with Crippen LogP contribution in [0.4, 0.5) is 18.0 Å². The fourth-order valence-electron chi connectivity index (χ4n) is 3.28. The molecule has 158 valence electrons.